The minimum Gasteiger partial charge on any atom is -0.383 e. The van der Waals surface area contributed by atoms with E-state index in [-0.39, 0.29) is 36.2 Å². The Balaban J connectivity index is 1.57. The second-order valence-electron chi connectivity index (χ2n) is 8.57. The number of hydrogen-bond acceptors (Lipinski definition) is 4. The molecule has 1 N–H and O–H groups in total. The van der Waals surface area contributed by atoms with Crippen LogP contribution in [0.3, 0.4) is 0 Å². The predicted molar refractivity (Wildman–Crippen MR) is 112 cm³/mol. The number of nitrogens with zero attached hydrogens (tertiary/aromatic N) is 2. The van der Waals surface area contributed by atoms with Crippen LogP contribution in [0.2, 0.25) is 0 Å². The summed E-state index contributed by atoms with van der Waals surface area (Å²) in [6.45, 7) is 1.36. The normalized spacial score (nSPS) is 24.2. The molecule has 2 fully saturated rings. The fraction of sp³-hybridized carbons (Fsp3) is 0.609. The average Bonchev–Trinajstić information content (AvgIpc) is 2.78. The molecule has 1 aliphatic carbocycles. The van der Waals surface area contributed by atoms with E-state index in [0.29, 0.717) is 26.1 Å². The summed E-state index contributed by atoms with van der Waals surface area (Å²) in [5.74, 6) is -0.166. The van der Waals surface area contributed by atoms with Crippen LogP contribution in [0.25, 0.3) is 0 Å². The molecule has 1 saturated carbocycles. The lowest BCUT2D eigenvalue weighted by Crippen LogP contribution is -2.63. The van der Waals surface area contributed by atoms with Crippen LogP contribution in [-0.2, 0) is 25.5 Å². The van der Waals surface area contributed by atoms with Crippen molar-refractivity contribution in [2.45, 2.75) is 50.6 Å². The van der Waals surface area contributed by atoms with Crippen LogP contribution in [0.5, 0.6) is 0 Å². The molecule has 7 nitrogen and oxygen atoms in total. The van der Waals surface area contributed by atoms with Crippen LogP contribution in [0.4, 0.5) is 0 Å². The topological polar surface area (TPSA) is 79.0 Å². The Morgan fingerprint density at radius 2 is 1.93 bits per heavy atom. The van der Waals surface area contributed by atoms with Crippen LogP contribution in [0, 0.1) is 5.92 Å². The highest BCUT2D eigenvalue weighted by Crippen LogP contribution is 2.37. The first-order valence-electron chi connectivity index (χ1n) is 11.0. The van der Waals surface area contributed by atoms with Crippen molar-refractivity contribution >= 4 is 17.7 Å². The SMILES string of the molecule is COCCNC(=O)[C@@H]1Cc2ccccc2[C@H]2CN(C(=O)C3CCCCC3)CC(=O)N21. The summed E-state index contributed by atoms with van der Waals surface area (Å²) in [5.41, 5.74) is 2.12. The van der Waals surface area contributed by atoms with Crippen molar-refractivity contribution in [1.29, 1.82) is 0 Å². The number of carbonyl (C=O) groups excluding carboxylic acids is 3. The van der Waals surface area contributed by atoms with Crippen LogP contribution in [0.1, 0.15) is 49.3 Å². The molecule has 2 aliphatic heterocycles. The van der Waals surface area contributed by atoms with Crippen molar-refractivity contribution < 1.29 is 19.1 Å². The maximum atomic E-state index is 13.2. The maximum absolute atomic E-state index is 13.2. The molecule has 0 bridgehead atoms. The number of fused-ring (bicyclic) bond motifs is 3. The molecule has 1 saturated heterocycles. The van der Waals surface area contributed by atoms with Crippen molar-refractivity contribution in [3.8, 4) is 0 Å². The molecule has 3 aliphatic rings. The summed E-state index contributed by atoms with van der Waals surface area (Å²) in [5, 5.41) is 2.89. The zero-order chi connectivity index (χ0) is 21.1. The minimum absolute atomic E-state index is 0.0325. The first-order chi connectivity index (χ1) is 14.6. The third kappa shape index (κ3) is 4.08. The lowest BCUT2D eigenvalue weighted by Gasteiger charge is -2.48. The Labute approximate surface area is 177 Å². The van der Waals surface area contributed by atoms with Gasteiger partial charge in [0.1, 0.15) is 6.04 Å². The van der Waals surface area contributed by atoms with Crippen molar-refractivity contribution in [1.82, 2.24) is 15.1 Å². The number of amides is 3. The molecule has 1 aromatic rings. The lowest BCUT2D eigenvalue weighted by molar-refractivity contribution is -0.157. The van der Waals surface area contributed by atoms with Gasteiger partial charge in [0.25, 0.3) is 0 Å². The first-order valence-corrected chi connectivity index (χ1v) is 11.0. The van der Waals surface area contributed by atoms with Gasteiger partial charge in [-0.05, 0) is 24.0 Å². The largest absolute Gasteiger partial charge is 0.383 e. The second kappa shape index (κ2) is 9.16. The Morgan fingerprint density at radius 3 is 2.70 bits per heavy atom. The molecular weight excluding hydrogens is 382 g/mol. The van der Waals surface area contributed by atoms with E-state index in [1.54, 1.807) is 16.9 Å². The molecule has 3 amide bonds. The highest BCUT2D eigenvalue weighted by Gasteiger charge is 2.46. The number of methoxy groups -OCH3 is 1. The summed E-state index contributed by atoms with van der Waals surface area (Å²) in [4.78, 5) is 42.7. The summed E-state index contributed by atoms with van der Waals surface area (Å²) < 4.78 is 5.02. The average molecular weight is 414 g/mol. The Bertz CT molecular complexity index is 805. The van der Waals surface area contributed by atoms with E-state index >= 15 is 0 Å². The zero-order valence-electron chi connectivity index (χ0n) is 17.6. The van der Waals surface area contributed by atoms with E-state index in [0.717, 1.165) is 36.8 Å². The van der Waals surface area contributed by atoms with Gasteiger partial charge >= 0.3 is 0 Å². The summed E-state index contributed by atoms with van der Waals surface area (Å²) in [6, 6.07) is 7.14. The van der Waals surface area contributed by atoms with Crippen molar-refractivity contribution in [2.24, 2.45) is 5.92 Å². The molecule has 2 atom stereocenters. The Morgan fingerprint density at radius 1 is 1.17 bits per heavy atom. The highest BCUT2D eigenvalue weighted by atomic mass is 16.5. The highest BCUT2D eigenvalue weighted by molar-refractivity contribution is 5.92. The van der Waals surface area contributed by atoms with Gasteiger partial charge in [-0.2, -0.15) is 0 Å². The van der Waals surface area contributed by atoms with Gasteiger partial charge in [-0.15, -0.1) is 0 Å². The molecular formula is C23H31N3O4. The van der Waals surface area contributed by atoms with E-state index in [1.165, 1.54) is 6.42 Å². The summed E-state index contributed by atoms with van der Waals surface area (Å²) in [6.07, 6.45) is 5.68. The van der Waals surface area contributed by atoms with Gasteiger partial charge < -0.3 is 19.9 Å². The zero-order valence-corrected chi connectivity index (χ0v) is 17.6. The number of carbonyl (C=O) groups is 3. The van der Waals surface area contributed by atoms with Gasteiger partial charge in [0, 0.05) is 32.5 Å². The van der Waals surface area contributed by atoms with Crippen LogP contribution < -0.4 is 5.32 Å². The van der Waals surface area contributed by atoms with Crippen molar-refractivity contribution in [2.75, 3.05) is 33.4 Å². The minimum atomic E-state index is -0.554. The van der Waals surface area contributed by atoms with Gasteiger partial charge in [0.2, 0.25) is 17.7 Å². The second-order valence-corrected chi connectivity index (χ2v) is 8.57. The van der Waals surface area contributed by atoms with Gasteiger partial charge in [0.05, 0.1) is 19.2 Å². The smallest absolute Gasteiger partial charge is 0.243 e. The van der Waals surface area contributed by atoms with Gasteiger partial charge in [0.15, 0.2) is 0 Å². The fourth-order valence-electron chi connectivity index (χ4n) is 5.16. The third-order valence-corrected chi connectivity index (χ3v) is 6.68. The van der Waals surface area contributed by atoms with Crippen LogP contribution >= 0.6 is 0 Å². The van der Waals surface area contributed by atoms with E-state index in [1.807, 2.05) is 24.3 Å². The number of rotatable bonds is 5. The Kier molecular flexibility index (Phi) is 6.37. The summed E-state index contributed by atoms with van der Waals surface area (Å²) in [7, 11) is 1.59. The van der Waals surface area contributed by atoms with Gasteiger partial charge in [-0.1, -0.05) is 43.5 Å². The molecule has 0 radical (unpaired) electrons. The molecule has 1 aromatic carbocycles. The fourth-order valence-corrected chi connectivity index (χ4v) is 5.16. The number of piperazine rings is 1. The van der Waals surface area contributed by atoms with E-state index in [9.17, 15) is 14.4 Å². The standard InChI is InChI=1S/C23H31N3O4/c1-30-12-11-24-22(28)19-13-17-9-5-6-10-18(17)20-14-25(15-21(27)26(19)20)23(29)16-7-3-2-4-8-16/h5-6,9-10,16,19-20H,2-4,7-8,11-15H2,1H3,(H,24,28)/t19-,20+/m0/s1. The maximum Gasteiger partial charge on any atom is 0.243 e. The first kappa shape index (κ1) is 20.8. The van der Waals surface area contributed by atoms with E-state index in [2.05, 4.69) is 5.32 Å². The molecule has 0 aromatic heterocycles. The molecule has 0 unspecified atom stereocenters. The molecule has 0 spiro atoms. The van der Waals surface area contributed by atoms with E-state index < -0.39 is 6.04 Å². The molecule has 30 heavy (non-hydrogen) atoms. The van der Waals surface area contributed by atoms with Gasteiger partial charge in [-0.3, -0.25) is 14.4 Å². The summed E-state index contributed by atoms with van der Waals surface area (Å²) >= 11 is 0. The monoisotopic (exact) mass is 413 g/mol. The molecule has 2 heterocycles. The number of nitrogens with one attached hydrogen (secondary N) is 1. The van der Waals surface area contributed by atoms with Gasteiger partial charge in [-0.25, -0.2) is 0 Å². The lowest BCUT2D eigenvalue weighted by atomic mass is 9.84. The number of hydrogen-bond donors (Lipinski definition) is 1. The van der Waals surface area contributed by atoms with Crippen molar-refractivity contribution in [3.05, 3.63) is 35.4 Å². The molecule has 4 rings (SSSR count). The Hall–Kier alpha value is -2.41. The predicted octanol–water partition coefficient (Wildman–Crippen LogP) is 1.67. The quantitative estimate of drug-likeness (QED) is 0.745. The van der Waals surface area contributed by atoms with Crippen LogP contribution in [-0.4, -0.2) is 66.9 Å². The number of benzene rings is 1. The molecule has 7 heteroatoms. The molecule has 162 valence electrons. The number of ether oxygens (including phenoxy) is 1. The third-order valence-electron chi connectivity index (χ3n) is 6.68. The van der Waals surface area contributed by atoms with E-state index in [4.69, 9.17) is 4.74 Å². The van der Waals surface area contributed by atoms with Crippen molar-refractivity contribution in [3.63, 3.8) is 0 Å². The van der Waals surface area contributed by atoms with Crippen LogP contribution in [0.15, 0.2) is 24.3 Å².